The van der Waals surface area contributed by atoms with E-state index < -0.39 is 0 Å². The van der Waals surface area contributed by atoms with E-state index >= 15 is 0 Å². The van der Waals surface area contributed by atoms with Gasteiger partial charge in [0.25, 0.3) is 0 Å². The molecule has 94 valence electrons. The van der Waals surface area contributed by atoms with Crippen molar-refractivity contribution in [3.8, 4) is 0 Å². The molecule has 1 aromatic rings. The number of nitrogens with zero attached hydrogens (tertiary/aromatic N) is 2. The molecule has 5 nitrogen and oxygen atoms in total. The lowest BCUT2D eigenvalue weighted by Crippen LogP contribution is -2.34. The number of aryl methyl sites for hydroxylation is 1. The van der Waals surface area contributed by atoms with E-state index in [0.29, 0.717) is 0 Å². The molecule has 0 unspecified atom stereocenters. The van der Waals surface area contributed by atoms with Gasteiger partial charge in [0, 0.05) is 24.5 Å². The van der Waals surface area contributed by atoms with Gasteiger partial charge in [0.05, 0.1) is 23.9 Å². The molecule has 17 heavy (non-hydrogen) atoms. The Labute approximate surface area is 104 Å². The van der Waals surface area contributed by atoms with E-state index in [1.54, 1.807) is 6.08 Å². The standard InChI is InChI=1S/C11H16N2O3S/c1-9-12-10(8-17-9)2-3-11(16)13(4-6-14)5-7-15/h2-3,8,14-15H,4-7H2,1H3/b3-2+. The zero-order valence-corrected chi connectivity index (χ0v) is 10.5. The van der Waals surface area contributed by atoms with Crippen LogP contribution in [0.25, 0.3) is 6.08 Å². The predicted octanol–water partition coefficient (Wildman–Crippen LogP) is 0.278. The third kappa shape index (κ3) is 4.64. The van der Waals surface area contributed by atoms with Gasteiger partial charge >= 0.3 is 0 Å². The van der Waals surface area contributed by atoms with Crippen molar-refractivity contribution in [1.82, 2.24) is 9.88 Å². The highest BCUT2D eigenvalue weighted by atomic mass is 32.1. The monoisotopic (exact) mass is 256 g/mol. The molecule has 0 aliphatic rings. The fourth-order valence-corrected chi connectivity index (χ4v) is 1.87. The lowest BCUT2D eigenvalue weighted by atomic mass is 10.3. The van der Waals surface area contributed by atoms with Crippen LogP contribution in [-0.4, -0.2) is 52.3 Å². The number of hydrogen-bond donors (Lipinski definition) is 2. The Hall–Kier alpha value is -1.24. The summed E-state index contributed by atoms with van der Waals surface area (Å²) in [5.74, 6) is -0.237. The van der Waals surface area contributed by atoms with Crippen molar-refractivity contribution in [3.05, 3.63) is 22.2 Å². The van der Waals surface area contributed by atoms with Crippen LogP contribution in [0.15, 0.2) is 11.5 Å². The van der Waals surface area contributed by atoms with Crippen LogP contribution in [0.5, 0.6) is 0 Å². The second-order valence-corrected chi connectivity index (χ2v) is 4.46. The van der Waals surface area contributed by atoms with Crippen LogP contribution in [0.3, 0.4) is 0 Å². The summed E-state index contributed by atoms with van der Waals surface area (Å²) in [7, 11) is 0. The van der Waals surface area contributed by atoms with Gasteiger partial charge in [0.1, 0.15) is 0 Å². The number of thiazole rings is 1. The first-order valence-electron chi connectivity index (χ1n) is 5.28. The van der Waals surface area contributed by atoms with Gasteiger partial charge in [-0.05, 0) is 13.0 Å². The van der Waals surface area contributed by atoms with Gasteiger partial charge in [-0.2, -0.15) is 0 Å². The second-order valence-electron chi connectivity index (χ2n) is 3.40. The first-order chi connectivity index (χ1) is 8.17. The van der Waals surface area contributed by atoms with Gasteiger partial charge in [-0.15, -0.1) is 11.3 Å². The highest BCUT2D eigenvalue weighted by Crippen LogP contribution is 2.09. The molecule has 0 aliphatic heterocycles. The third-order valence-corrected chi connectivity index (χ3v) is 2.88. The van der Waals surface area contributed by atoms with E-state index in [2.05, 4.69) is 4.98 Å². The second kappa shape index (κ2) is 7.16. The molecule has 0 aromatic carbocycles. The average molecular weight is 256 g/mol. The summed E-state index contributed by atoms with van der Waals surface area (Å²) in [6.07, 6.45) is 3.04. The molecule has 0 bridgehead atoms. The number of carbonyl (C=O) groups excluding carboxylic acids is 1. The van der Waals surface area contributed by atoms with Crippen LogP contribution in [0.2, 0.25) is 0 Å². The highest BCUT2D eigenvalue weighted by Gasteiger charge is 2.08. The number of hydrogen-bond acceptors (Lipinski definition) is 5. The smallest absolute Gasteiger partial charge is 0.246 e. The van der Waals surface area contributed by atoms with Gasteiger partial charge in [-0.25, -0.2) is 4.98 Å². The van der Waals surface area contributed by atoms with E-state index in [1.807, 2.05) is 12.3 Å². The van der Waals surface area contributed by atoms with Crippen molar-refractivity contribution in [2.45, 2.75) is 6.92 Å². The summed E-state index contributed by atoms with van der Waals surface area (Å²) >= 11 is 1.52. The molecule has 0 spiro atoms. The largest absolute Gasteiger partial charge is 0.395 e. The van der Waals surface area contributed by atoms with Crippen molar-refractivity contribution in [2.75, 3.05) is 26.3 Å². The number of aromatic nitrogens is 1. The Morgan fingerprint density at radius 3 is 2.59 bits per heavy atom. The van der Waals surface area contributed by atoms with Crippen molar-refractivity contribution in [3.63, 3.8) is 0 Å². The minimum atomic E-state index is -0.237. The first kappa shape index (κ1) is 13.8. The Balaban J connectivity index is 2.59. The van der Waals surface area contributed by atoms with Crippen molar-refractivity contribution in [2.24, 2.45) is 0 Å². The fraction of sp³-hybridized carbons (Fsp3) is 0.455. The third-order valence-electron chi connectivity index (χ3n) is 2.08. The van der Waals surface area contributed by atoms with E-state index in [4.69, 9.17) is 10.2 Å². The topological polar surface area (TPSA) is 73.7 Å². The van der Waals surface area contributed by atoms with Crippen molar-refractivity contribution >= 4 is 23.3 Å². The predicted molar refractivity (Wildman–Crippen MR) is 66.6 cm³/mol. The maximum Gasteiger partial charge on any atom is 0.246 e. The molecule has 0 saturated heterocycles. The summed E-state index contributed by atoms with van der Waals surface area (Å²) < 4.78 is 0. The summed E-state index contributed by atoms with van der Waals surface area (Å²) in [4.78, 5) is 17.3. The molecule has 2 N–H and O–H groups in total. The highest BCUT2D eigenvalue weighted by molar-refractivity contribution is 7.09. The molecular formula is C11H16N2O3S. The lowest BCUT2D eigenvalue weighted by molar-refractivity contribution is -0.126. The Kier molecular flexibility index (Phi) is 5.82. The molecule has 6 heteroatoms. The van der Waals surface area contributed by atoms with Crippen LogP contribution in [0.4, 0.5) is 0 Å². The minimum absolute atomic E-state index is 0.116. The molecule has 1 amide bonds. The molecule has 1 rings (SSSR count). The summed E-state index contributed by atoms with van der Waals surface area (Å²) in [6, 6.07) is 0. The molecule has 0 radical (unpaired) electrons. The molecule has 0 saturated carbocycles. The maximum absolute atomic E-state index is 11.7. The first-order valence-corrected chi connectivity index (χ1v) is 6.16. The zero-order valence-electron chi connectivity index (χ0n) is 9.67. The normalized spacial score (nSPS) is 11.0. The summed E-state index contributed by atoms with van der Waals surface area (Å²) in [5, 5.41) is 20.4. The number of aliphatic hydroxyl groups excluding tert-OH is 2. The molecular weight excluding hydrogens is 240 g/mol. The van der Waals surface area contributed by atoms with Gasteiger partial charge in [0.2, 0.25) is 5.91 Å². The SMILES string of the molecule is Cc1nc(/C=C/C(=O)N(CCO)CCO)cs1. The van der Waals surface area contributed by atoms with E-state index in [9.17, 15) is 4.79 Å². The van der Waals surface area contributed by atoms with Crippen LogP contribution >= 0.6 is 11.3 Å². The minimum Gasteiger partial charge on any atom is -0.395 e. The van der Waals surface area contributed by atoms with E-state index in [1.165, 1.54) is 22.3 Å². The Morgan fingerprint density at radius 2 is 2.12 bits per heavy atom. The van der Waals surface area contributed by atoms with E-state index in [-0.39, 0.29) is 32.2 Å². The van der Waals surface area contributed by atoms with Gasteiger partial charge in [0.15, 0.2) is 0 Å². The van der Waals surface area contributed by atoms with Crippen LogP contribution in [0.1, 0.15) is 10.7 Å². The number of rotatable bonds is 6. The lowest BCUT2D eigenvalue weighted by Gasteiger charge is -2.18. The van der Waals surface area contributed by atoms with Crippen LogP contribution in [-0.2, 0) is 4.79 Å². The van der Waals surface area contributed by atoms with Crippen LogP contribution < -0.4 is 0 Å². The molecule has 1 heterocycles. The van der Waals surface area contributed by atoms with E-state index in [0.717, 1.165) is 10.7 Å². The number of amides is 1. The maximum atomic E-state index is 11.7. The summed E-state index contributed by atoms with van der Waals surface area (Å²) in [6.45, 7) is 2.11. The van der Waals surface area contributed by atoms with Crippen LogP contribution in [0, 0.1) is 6.92 Å². The zero-order chi connectivity index (χ0) is 12.7. The van der Waals surface area contributed by atoms with Gasteiger partial charge in [-0.1, -0.05) is 0 Å². The Bertz CT molecular complexity index is 384. The fourth-order valence-electron chi connectivity index (χ4n) is 1.29. The molecule has 0 fully saturated rings. The van der Waals surface area contributed by atoms with Crippen molar-refractivity contribution in [1.29, 1.82) is 0 Å². The quantitative estimate of drug-likeness (QED) is 0.717. The average Bonchev–Trinajstić information content (AvgIpc) is 2.72. The molecule has 0 atom stereocenters. The molecule has 1 aromatic heterocycles. The molecule has 0 aliphatic carbocycles. The number of carbonyl (C=O) groups is 1. The van der Waals surface area contributed by atoms with Crippen molar-refractivity contribution < 1.29 is 15.0 Å². The van der Waals surface area contributed by atoms with Gasteiger partial charge in [-0.3, -0.25) is 4.79 Å². The summed E-state index contributed by atoms with van der Waals surface area (Å²) in [5.41, 5.74) is 0.744. The number of aliphatic hydroxyl groups is 2. The Morgan fingerprint density at radius 1 is 1.47 bits per heavy atom. The van der Waals surface area contributed by atoms with Gasteiger partial charge < -0.3 is 15.1 Å².